The number of hydrogen-bond donors (Lipinski definition) is 17. The Hall–Kier alpha value is -9.28. The summed E-state index contributed by atoms with van der Waals surface area (Å²) in [4.78, 5) is 125. The lowest BCUT2D eigenvalue weighted by Crippen LogP contribution is -2.60. The highest BCUT2D eigenvalue weighted by Crippen LogP contribution is 2.18. The Morgan fingerprint density at radius 2 is 0.762 bits per heavy atom. The van der Waals surface area contributed by atoms with Crippen LogP contribution in [0.4, 0.5) is 0 Å². The van der Waals surface area contributed by atoms with E-state index in [4.69, 9.17) is 57.3 Å². The third-order valence-corrected chi connectivity index (χ3v) is 12.1. The zero-order valence-corrected chi connectivity index (χ0v) is 44.6. The van der Waals surface area contributed by atoms with Crippen LogP contribution in [0.25, 0.3) is 10.8 Å². The van der Waals surface area contributed by atoms with Crippen LogP contribution in [0.15, 0.2) is 92.8 Å². The maximum atomic E-state index is 14.8. The van der Waals surface area contributed by atoms with E-state index in [2.05, 4.69) is 51.9 Å². The van der Waals surface area contributed by atoms with Crippen molar-refractivity contribution in [2.75, 3.05) is 26.2 Å². The van der Waals surface area contributed by atoms with Gasteiger partial charge in [0.25, 0.3) is 0 Å². The summed E-state index contributed by atoms with van der Waals surface area (Å²) in [6.07, 6.45) is -0.317. The van der Waals surface area contributed by atoms with E-state index in [9.17, 15) is 43.5 Å². The van der Waals surface area contributed by atoms with E-state index < -0.39 is 89.6 Å². The molecule has 0 saturated carbocycles. The number of carbonyl (C=O) groups excluding carboxylic acids is 7. The van der Waals surface area contributed by atoms with Gasteiger partial charge in [0.05, 0.1) is 6.04 Å². The molecule has 0 radical (unpaired) electrons. The first-order valence-electron chi connectivity index (χ1n) is 25.8. The van der Waals surface area contributed by atoms with E-state index in [0.29, 0.717) is 17.5 Å². The molecule has 0 unspecified atom stereocenters. The monoisotopic (exact) mass is 1110 g/mol. The van der Waals surface area contributed by atoms with E-state index in [1.165, 1.54) is 0 Å². The molecule has 0 bridgehead atoms. The molecule has 0 saturated heterocycles. The highest BCUT2D eigenvalue weighted by atomic mass is 16.4. The lowest BCUT2D eigenvalue weighted by Gasteiger charge is -2.28. The quantitative estimate of drug-likeness (QED) is 0.0148. The summed E-state index contributed by atoms with van der Waals surface area (Å²) in [5.41, 5.74) is 56.7. The first kappa shape index (κ1) is 65.0. The highest BCUT2D eigenvalue weighted by Gasteiger charge is 2.34. The van der Waals surface area contributed by atoms with Gasteiger partial charge in [0.2, 0.25) is 41.4 Å². The summed E-state index contributed by atoms with van der Waals surface area (Å²) >= 11 is 0. The summed E-state index contributed by atoms with van der Waals surface area (Å²) in [6, 6.07) is 11.7. The number of aliphatic carboxylic acids is 1. The van der Waals surface area contributed by atoms with Gasteiger partial charge in [-0.2, -0.15) is 0 Å². The molecule has 0 aliphatic rings. The van der Waals surface area contributed by atoms with Gasteiger partial charge in [-0.1, -0.05) is 72.8 Å². The molecule has 29 heteroatoms. The third-order valence-electron chi connectivity index (χ3n) is 12.1. The summed E-state index contributed by atoms with van der Waals surface area (Å²) < 4.78 is 0. The molecule has 0 heterocycles. The second-order valence-corrected chi connectivity index (χ2v) is 18.7. The van der Waals surface area contributed by atoms with Crippen LogP contribution in [0.5, 0.6) is 0 Å². The van der Waals surface area contributed by atoms with Gasteiger partial charge in [-0.05, 0) is 79.7 Å². The van der Waals surface area contributed by atoms with E-state index in [1.54, 1.807) is 36.4 Å². The van der Waals surface area contributed by atoms with Gasteiger partial charge < -0.3 is 94.3 Å². The Balaban J connectivity index is 2.06. The largest absolute Gasteiger partial charge is 0.480 e. The normalized spacial score (nSPS) is 13.4. The predicted molar refractivity (Wildman–Crippen MR) is 303 cm³/mol. The second kappa shape index (κ2) is 34.5. The Morgan fingerprint density at radius 1 is 0.400 bits per heavy atom. The fourth-order valence-electron chi connectivity index (χ4n) is 8.02. The molecule has 3 aromatic carbocycles. The van der Waals surface area contributed by atoms with E-state index in [1.807, 2.05) is 36.4 Å². The summed E-state index contributed by atoms with van der Waals surface area (Å²) in [7, 11) is 0. The fourth-order valence-corrected chi connectivity index (χ4v) is 8.02. The molecule has 3 aromatic rings. The van der Waals surface area contributed by atoms with Crippen molar-refractivity contribution in [1.29, 1.82) is 0 Å². The molecular weight excluding hydrogens is 1040 g/mol. The van der Waals surface area contributed by atoms with Crippen molar-refractivity contribution in [1.82, 2.24) is 31.9 Å². The van der Waals surface area contributed by atoms with Gasteiger partial charge in [0.1, 0.15) is 36.3 Å². The molecule has 80 heavy (non-hydrogen) atoms. The minimum atomic E-state index is -1.56. The number of primary amides is 1. The lowest BCUT2D eigenvalue weighted by molar-refractivity contribution is -0.142. The van der Waals surface area contributed by atoms with Crippen LogP contribution in [0.3, 0.4) is 0 Å². The molecule has 0 fully saturated rings. The number of carbonyl (C=O) groups is 8. The van der Waals surface area contributed by atoms with Crippen molar-refractivity contribution in [2.45, 2.75) is 119 Å². The first-order chi connectivity index (χ1) is 38.0. The second-order valence-electron chi connectivity index (χ2n) is 18.7. The number of carboxylic acid groups (broad SMARTS) is 1. The number of nitrogens with zero attached hydrogens (tertiary/aromatic N) is 4. The Bertz CT molecular complexity index is 2670. The minimum Gasteiger partial charge on any atom is -0.480 e. The Kier molecular flexibility index (Phi) is 28.0. The van der Waals surface area contributed by atoms with Gasteiger partial charge in [0.15, 0.2) is 23.8 Å². The number of fused-ring (bicyclic) bond motifs is 1. The van der Waals surface area contributed by atoms with Crippen LogP contribution in [-0.4, -0.2) is 145 Å². The molecule has 7 amide bonds. The number of guanidine groups is 4. The van der Waals surface area contributed by atoms with Crippen LogP contribution in [0.2, 0.25) is 0 Å². The number of aliphatic imine (C=N–C) groups is 4. The van der Waals surface area contributed by atoms with E-state index in [-0.39, 0.29) is 121 Å². The zero-order valence-electron chi connectivity index (χ0n) is 44.6. The maximum absolute atomic E-state index is 14.8. The van der Waals surface area contributed by atoms with Gasteiger partial charge >= 0.3 is 5.97 Å². The van der Waals surface area contributed by atoms with E-state index in [0.717, 1.165) is 10.8 Å². The topological polar surface area (TPSA) is 539 Å². The number of nitrogens with one attached hydrogen (secondary N) is 6. The molecular formula is C51H78N20O9. The Morgan fingerprint density at radius 3 is 1.19 bits per heavy atom. The van der Waals surface area contributed by atoms with Crippen LogP contribution in [0, 0.1) is 0 Å². The summed E-state index contributed by atoms with van der Waals surface area (Å²) in [6.45, 7) is 0.305. The number of nitrogens with two attached hydrogens (primary N) is 10. The summed E-state index contributed by atoms with van der Waals surface area (Å²) in [5.74, 6) is -8.09. The molecule has 0 spiro atoms. The van der Waals surface area contributed by atoms with Crippen molar-refractivity contribution in [3.63, 3.8) is 0 Å². The third kappa shape index (κ3) is 25.2. The van der Waals surface area contributed by atoms with Crippen molar-refractivity contribution in [3.05, 3.63) is 83.9 Å². The average Bonchev–Trinajstić information content (AvgIpc) is 3.40. The van der Waals surface area contributed by atoms with Crippen molar-refractivity contribution < 1.29 is 43.5 Å². The van der Waals surface area contributed by atoms with Crippen LogP contribution in [0.1, 0.15) is 75.3 Å². The molecule has 0 aromatic heterocycles. The molecule has 3 rings (SSSR count). The Labute approximate surface area is 462 Å². The van der Waals surface area contributed by atoms with Gasteiger partial charge in [-0.25, -0.2) is 4.79 Å². The standard InChI is InChI=1S/C51H78N20O9/c52-33(14-6-22-62-48(54)55)41(73)66-34(15-7-23-63-49(56)57)42(74)67-35(16-8-24-64-50(58)59)43(75)68-36(17-9-25-65-51(60)61)44(76)70-39(28-30-18-19-31-12-4-5-13-32(31)26-30)46(78)71-38(27-29-10-2-1-3-11-29)45(77)69-37(47(79)80)20-21-40(53)72/h1-5,10-13,18-19,26,33-39H,6-9,14-17,20-25,27-28,52H2,(H2,53,72)(H,66,73)(H,67,74)(H,68,75)(H,69,77)(H,70,76)(H,71,78)(H,79,80)(H4,54,55,62)(H4,56,57,63)(H4,58,59,64)(H4,60,61,65)/t33-,34-,35-,36-,37-,38-,39-/m0/s1. The van der Waals surface area contributed by atoms with Gasteiger partial charge in [-0.15, -0.1) is 0 Å². The van der Waals surface area contributed by atoms with Crippen molar-refractivity contribution in [3.8, 4) is 0 Å². The van der Waals surface area contributed by atoms with Crippen LogP contribution >= 0.6 is 0 Å². The smallest absolute Gasteiger partial charge is 0.326 e. The average molecular weight is 1120 g/mol. The lowest BCUT2D eigenvalue weighted by atomic mass is 9.99. The zero-order chi connectivity index (χ0) is 59.1. The van der Waals surface area contributed by atoms with Crippen LogP contribution < -0.4 is 89.2 Å². The van der Waals surface area contributed by atoms with Crippen molar-refractivity contribution >= 4 is 81.9 Å². The van der Waals surface area contributed by atoms with Crippen molar-refractivity contribution in [2.24, 2.45) is 77.3 Å². The molecule has 436 valence electrons. The van der Waals surface area contributed by atoms with Gasteiger partial charge in [-0.3, -0.25) is 53.5 Å². The molecule has 29 nitrogen and oxygen atoms in total. The highest BCUT2D eigenvalue weighted by molar-refractivity contribution is 5.97. The minimum absolute atomic E-state index is 0.00633. The number of benzene rings is 3. The predicted octanol–water partition coefficient (Wildman–Crippen LogP) is -4.57. The first-order valence-corrected chi connectivity index (χ1v) is 25.8. The SMILES string of the molecule is NC(=O)CC[C@H](NC(=O)[C@H](Cc1ccccc1)NC(=O)[C@H](Cc1ccc2ccccc2c1)NC(=O)[C@H](CCCN=C(N)N)NC(=O)[C@H](CCCN=C(N)N)NC(=O)[C@H](CCCN=C(N)N)NC(=O)[C@@H](N)CCCN=C(N)N)C(=O)O. The van der Waals surface area contributed by atoms with Crippen LogP contribution in [-0.2, 0) is 51.2 Å². The number of rotatable bonds is 36. The molecule has 27 N–H and O–H groups in total. The summed E-state index contributed by atoms with van der Waals surface area (Å²) in [5, 5.41) is 27.5. The van der Waals surface area contributed by atoms with E-state index >= 15 is 0 Å². The number of carboxylic acids is 1. The number of hydrogen-bond acceptors (Lipinski definition) is 13. The molecule has 0 aliphatic carbocycles. The molecule has 0 aliphatic heterocycles. The maximum Gasteiger partial charge on any atom is 0.326 e. The number of amides is 7. The van der Waals surface area contributed by atoms with Gasteiger partial charge in [0, 0.05) is 45.4 Å². The fraction of sp³-hybridized carbons (Fsp3) is 0.451. The molecule has 7 atom stereocenters.